The molecule has 0 saturated carbocycles. The van der Waals surface area contributed by atoms with Crippen LogP contribution in [0.5, 0.6) is 0 Å². The lowest BCUT2D eigenvalue weighted by Crippen LogP contribution is -2.00. The Morgan fingerprint density at radius 2 is 2.41 bits per heavy atom. The van der Waals surface area contributed by atoms with E-state index in [-0.39, 0.29) is 5.75 Å². The Balaban J connectivity index is 2.24. The van der Waals surface area contributed by atoms with Crippen molar-refractivity contribution in [2.45, 2.75) is 12.1 Å². The van der Waals surface area contributed by atoms with Crippen molar-refractivity contribution in [1.29, 1.82) is 0 Å². The van der Waals surface area contributed by atoms with E-state index in [0.29, 0.717) is 11.0 Å². The zero-order valence-corrected chi connectivity index (χ0v) is 10.2. The third kappa shape index (κ3) is 2.47. The summed E-state index contributed by atoms with van der Waals surface area (Å²) in [6, 6.07) is 0. The molecule has 0 saturated heterocycles. The predicted molar refractivity (Wildman–Crippen MR) is 61.7 cm³/mol. The number of aryl methyl sites for hydroxylation is 2. The molecule has 0 aliphatic heterocycles. The molecule has 90 valence electrons. The van der Waals surface area contributed by atoms with Crippen molar-refractivity contribution in [2.24, 2.45) is 7.05 Å². The van der Waals surface area contributed by atoms with E-state index < -0.39 is 5.97 Å². The Hall–Kier alpha value is -1.83. The molecule has 0 aromatic carbocycles. The summed E-state index contributed by atoms with van der Waals surface area (Å²) in [5, 5.41) is 20.1. The van der Waals surface area contributed by atoms with E-state index in [9.17, 15) is 4.79 Å². The minimum Gasteiger partial charge on any atom is -0.481 e. The summed E-state index contributed by atoms with van der Waals surface area (Å²) in [7, 11) is 1.73. The zero-order valence-electron chi connectivity index (χ0n) is 9.34. The number of hydrogen-bond acceptors (Lipinski definition) is 5. The van der Waals surface area contributed by atoms with Crippen LogP contribution in [0.3, 0.4) is 0 Å². The van der Waals surface area contributed by atoms with Crippen LogP contribution in [-0.2, 0) is 11.8 Å². The molecule has 0 unspecified atom stereocenters. The maximum Gasteiger partial charge on any atom is 0.313 e. The molecular weight excluding hydrogens is 242 g/mol. The number of aromatic nitrogens is 5. The Bertz CT molecular complexity index is 547. The van der Waals surface area contributed by atoms with Crippen LogP contribution in [-0.4, -0.2) is 41.8 Å². The average molecular weight is 253 g/mol. The van der Waals surface area contributed by atoms with Gasteiger partial charge in [0.25, 0.3) is 0 Å². The maximum absolute atomic E-state index is 10.5. The number of H-pyrrole nitrogens is 1. The molecule has 0 bridgehead atoms. The third-order valence-electron chi connectivity index (χ3n) is 2.12. The molecule has 0 spiro atoms. The fraction of sp³-hybridized carbons (Fsp3) is 0.333. The molecule has 0 atom stereocenters. The highest BCUT2D eigenvalue weighted by molar-refractivity contribution is 7.99. The first-order valence-corrected chi connectivity index (χ1v) is 5.82. The van der Waals surface area contributed by atoms with Crippen LogP contribution in [0.1, 0.15) is 5.69 Å². The summed E-state index contributed by atoms with van der Waals surface area (Å²) >= 11 is 1.14. The number of thioether (sulfide) groups is 1. The summed E-state index contributed by atoms with van der Waals surface area (Å²) in [6.45, 7) is 1.88. The average Bonchev–Trinajstić information content (AvgIpc) is 2.82. The molecule has 7 nitrogen and oxygen atoms in total. The molecule has 0 aliphatic rings. The van der Waals surface area contributed by atoms with E-state index in [4.69, 9.17) is 5.11 Å². The fourth-order valence-corrected chi connectivity index (χ4v) is 1.94. The summed E-state index contributed by atoms with van der Waals surface area (Å²) < 4.78 is 1.56. The van der Waals surface area contributed by atoms with Crippen LogP contribution in [0.4, 0.5) is 0 Å². The van der Waals surface area contributed by atoms with Gasteiger partial charge in [0.15, 0.2) is 11.0 Å². The van der Waals surface area contributed by atoms with Crippen LogP contribution in [0.15, 0.2) is 11.4 Å². The number of rotatable bonds is 4. The largest absolute Gasteiger partial charge is 0.481 e. The molecule has 2 heterocycles. The molecule has 2 N–H and O–H groups in total. The SMILES string of the molecule is Cc1[nH]ncc1-c1nc(SCC(=O)O)n(C)n1. The van der Waals surface area contributed by atoms with Crippen molar-refractivity contribution in [2.75, 3.05) is 5.75 Å². The van der Waals surface area contributed by atoms with Gasteiger partial charge >= 0.3 is 5.97 Å². The van der Waals surface area contributed by atoms with Crippen LogP contribution < -0.4 is 0 Å². The number of carboxylic acid groups (broad SMARTS) is 1. The molecule has 0 aliphatic carbocycles. The molecule has 2 rings (SSSR count). The first-order chi connectivity index (χ1) is 8.08. The second-order valence-corrected chi connectivity index (χ2v) is 4.38. The van der Waals surface area contributed by atoms with Gasteiger partial charge in [0, 0.05) is 12.7 Å². The van der Waals surface area contributed by atoms with Crippen molar-refractivity contribution in [3.8, 4) is 11.4 Å². The Kier molecular flexibility index (Phi) is 3.14. The molecule has 0 radical (unpaired) electrons. The normalized spacial score (nSPS) is 10.7. The highest BCUT2D eigenvalue weighted by Crippen LogP contribution is 2.21. The number of aromatic amines is 1. The van der Waals surface area contributed by atoms with Crippen molar-refractivity contribution < 1.29 is 9.90 Å². The number of hydrogen-bond donors (Lipinski definition) is 2. The fourth-order valence-electron chi connectivity index (χ4n) is 1.31. The van der Waals surface area contributed by atoms with E-state index in [1.807, 2.05) is 6.92 Å². The number of carboxylic acids is 1. The van der Waals surface area contributed by atoms with Crippen LogP contribution >= 0.6 is 11.8 Å². The Labute approximate surface area is 101 Å². The number of nitrogens with zero attached hydrogens (tertiary/aromatic N) is 4. The molecule has 0 amide bonds. The van der Waals surface area contributed by atoms with Crippen molar-refractivity contribution in [1.82, 2.24) is 25.0 Å². The highest BCUT2D eigenvalue weighted by atomic mass is 32.2. The number of carbonyl (C=O) groups is 1. The smallest absolute Gasteiger partial charge is 0.313 e. The quantitative estimate of drug-likeness (QED) is 0.778. The predicted octanol–water partition coefficient (Wildman–Crippen LogP) is 0.690. The van der Waals surface area contributed by atoms with Crippen molar-refractivity contribution in [3.05, 3.63) is 11.9 Å². The van der Waals surface area contributed by atoms with Gasteiger partial charge in [-0.15, -0.1) is 0 Å². The molecule has 8 heteroatoms. The van der Waals surface area contributed by atoms with Gasteiger partial charge in [-0.3, -0.25) is 9.89 Å². The molecule has 0 fully saturated rings. The summed E-state index contributed by atoms with van der Waals surface area (Å²) in [6.07, 6.45) is 1.65. The lowest BCUT2D eigenvalue weighted by molar-refractivity contribution is -0.133. The zero-order chi connectivity index (χ0) is 12.4. The molecule has 2 aromatic rings. The second kappa shape index (κ2) is 4.58. The molecule has 17 heavy (non-hydrogen) atoms. The Morgan fingerprint density at radius 3 is 3.00 bits per heavy atom. The minimum atomic E-state index is -0.876. The van der Waals surface area contributed by atoms with E-state index in [1.54, 1.807) is 17.9 Å². The van der Waals surface area contributed by atoms with Crippen LogP contribution in [0, 0.1) is 6.92 Å². The van der Waals surface area contributed by atoms with Gasteiger partial charge in [-0.05, 0) is 6.92 Å². The van der Waals surface area contributed by atoms with E-state index in [0.717, 1.165) is 23.0 Å². The highest BCUT2D eigenvalue weighted by Gasteiger charge is 2.13. The van der Waals surface area contributed by atoms with E-state index in [1.165, 1.54) is 0 Å². The maximum atomic E-state index is 10.5. The lowest BCUT2D eigenvalue weighted by atomic mass is 10.2. The molecular formula is C9H11N5O2S. The van der Waals surface area contributed by atoms with E-state index in [2.05, 4.69) is 20.3 Å². The number of aliphatic carboxylic acids is 1. The van der Waals surface area contributed by atoms with Gasteiger partial charge in [0.05, 0.1) is 17.5 Å². The third-order valence-corrected chi connectivity index (χ3v) is 3.12. The summed E-state index contributed by atoms with van der Waals surface area (Å²) in [5.74, 6) is -0.359. The summed E-state index contributed by atoms with van der Waals surface area (Å²) in [5.41, 5.74) is 1.70. The van der Waals surface area contributed by atoms with Gasteiger partial charge < -0.3 is 5.11 Å². The van der Waals surface area contributed by atoms with Gasteiger partial charge in [0.1, 0.15) is 0 Å². The van der Waals surface area contributed by atoms with Gasteiger partial charge in [-0.25, -0.2) is 9.67 Å². The van der Waals surface area contributed by atoms with E-state index >= 15 is 0 Å². The topological polar surface area (TPSA) is 96.7 Å². The summed E-state index contributed by atoms with van der Waals surface area (Å²) in [4.78, 5) is 14.8. The Morgan fingerprint density at radius 1 is 1.65 bits per heavy atom. The van der Waals surface area contributed by atoms with Gasteiger partial charge in [-0.2, -0.15) is 10.2 Å². The minimum absolute atomic E-state index is 0.0314. The monoisotopic (exact) mass is 253 g/mol. The number of nitrogens with one attached hydrogen (secondary N) is 1. The van der Waals surface area contributed by atoms with Crippen LogP contribution in [0.2, 0.25) is 0 Å². The molecule has 2 aromatic heterocycles. The van der Waals surface area contributed by atoms with Crippen LogP contribution in [0.25, 0.3) is 11.4 Å². The second-order valence-electron chi connectivity index (χ2n) is 3.43. The first-order valence-electron chi connectivity index (χ1n) is 4.84. The lowest BCUT2D eigenvalue weighted by Gasteiger charge is -1.94. The van der Waals surface area contributed by atoms with Crippen molar-refractivity contribution in [3.63, 3.8) is 0 Å². The standard InChI is InChI=1S/C9H11N5O2S/c1-5-6(3-10-12-5)8-11-9(14(2)13-8)17-4-7(15)16/h3H,4H2,1-2H3,(H,10,12)(H,15,16). The first kappa shape index (κ1) is 11.6. The van der Waals surface area contributed by atoms with Gasteiger partial charge in [-0.1, -0.05) is 11.8 Å². The van der Waals surface area contributed by atoms with Gasteiger partial charge in [0.2, 0.25) is 0 Å². The van der Waals surface area contributed by atoms with Crippen molar-refractivity contribution >= 4 is 17.7 Å².